The summed E-state index contributed by atoms with van der Waals surface area (Å²) in [5.74, 6) is -0.231. The topological polar surface area (TPSA) is 68.0 Å². The fourth-order valence-electron chi connectivity index (χ4n) is 1.92. The average Bonchev–Trinajstić information content (AvgIpc) is 2.78. The Kier molecular flexibility index (Phi) is 6.33. The Bertz CT molecular complexity index is 610. The van der Waals surface area contributed by atoms with Crippen molar-refractivity contribution in [2.24, 2.45) is 5.73 Å². The molecule has 1 heterocycles. The number of amides is 1. The predicted octanol–water partition coefficient (Wildman–Crippen LogP) is 3.38. The van der Waals surface area contributed by atoms with Gasteiger partial charge in [0.05, 0.1) is 5.69 Å². The third kappa shape index (κ3) is 4.27. The molecular formula is C15H20ClN3OS. The lowest BCUT2D eigenvalue weighted by Gasteiger charge is -2.11. The molecule has 1 atom stereocenters. The maximum Gasteiger partial charge on any atom is 0.247 e. The van der Waals surface area contributed by atoms with E-state index in [-0.39, 0.29) is 18.3 Å². The van der Waals surface area contributed by atoms with Gasteiger partial charge in [-0.05, 0) is 25.8 Å². The maximum atomic E-state index is 12.1. The highest BCUT2D eigenvalue weighted by molar-refractivity contribution is 7.15. The smallest absolute Gasteiger partial charge is 0.247 e. The van der Waals surface area contributed by atoms with Gasteiger partial charge in [0.15, 0.2) is 5.13 Å². The van der Waals surface area contributed by atoms with E-state index in [9.17, 15) is 4.79 Å². The van der Waals surface area contributed by atoms with Crippen LogP contribution in [0, 0.1) is 13.8 Å². The molecule has 0 spiro atoms. The molecule has 2 aromatic rings. The first-order valence-corrected chi connectivity index (χ1v) is 7.42. The van der Waals surface area contributed by atoms with Crippen LogP contribution < -0.4 is 11.1 Å². The normalized spacial score (nSPS) is 11.6. The number of hydrogen-bond donors (Lipinski definition) is 2. The number of anilines is 1. The first kappa shape index (κ1) is 17.6. The van der Waals surface area contributed by atoms with Gasteiger partial charge < -0.3 is 11.1 Å². The number of carbonyl (C=O) groups is 1. The SMILES string of the molecule is CCc1nc(NC(=O)C(N)c2ccc(C)cc2)sc1C.Cl. The molecule has 0 saturated carbocycles. The van der Waals surface area contributed by atoms with Gasteiger partial charge in [0, 0.05) is 4.88 Å². The third-order valence-electron chi connectivity index (χ3n) is 3.18. The van der Waals surface area contributed by atoms with Crippen LogP contribution in [-0.2, 0) is 11.2 Å². The number of thiazole rings is 1. The molecule has 0 aliphatic heterocycles. The summed E-state index contributed by atoms with van der Waals surface area (Å²) < 4.78 is 0. The summed E-state index contributed by atoms with van der Waals surface area (Å²) in [6.07, 6.45) is 0.863. The number of halogens is 1. The van der Waals surface area contributed by atoms with Crippen molar-refractivity contribution in [1.29, 1.82) is 0 Å². The standard InChI is InChI=1S/C15H19N3OS.ClH/c1-4-12-10(3)20-15(17-12)18-14(19)13(16)11-7-5-9(2)6-8-11;/h5-8,13H,4,16H2,1-3H3,(H,17,18,19);1H. The number of nitrogens with one attached hydrogen (secondary N) is 1. The highest BCUT2D eigenvalue weighted by Gasteiger charge is 2.17. The van der Waals surface area contributed by atoms with Crippen LogP contribution in [0.2, 0.25) is 0 Å². The fourth-order valence-corrected chi connectivity index (χ4v) is 2.82. The molecule has 4 nitrogen and oxygen atoms in total. The molecule has 2 rings (SSSR count). The van der Waals surface area contributed by atoms with Gasteiger partial charge in [-0.3, -0.25) is 4.79 Å². The molecule has 21 heavy (non-hydrogen) atoms. The second-order valence-corrected chi connectivity index (χ2v) is 5.96. The van der Waals surface area contributed by atoms with E-state index in [4.69, 9.17) is 5.73 Å². The summed E-state index contributed by atoms with van der Waals surface area (Å²) in [5.41, 5.74) is 8.95. The Balaban J connectivity index is 0.00000220. The highest BCUT2D eigenvalue weighted by atomic mass is 35.5. The molecule has 1 aromatic carbocycles. The largest absolute Gasteiger partial charge is 0.316 e. The van der Waals surface area contributed by atoms with Crippen LogP contribution in [0.4, 0.5) is 5.13 Å². The van der Waals surface area contributed by atoms with E-state index in [0.29, 0.717) is 5.13 Å². The van der Waals surface area contributed by atoms with E-state index in [1.54, 1.807) is 0 Å². The molecule has 0 aliphatic rings. The number of nitrogens with zero attached hydrogens (tertiary/aromatic N) is 1. The summed E-state index contributed by atoms with van der Waals surface area (Å²) in [4.78, 5) is 17.7. The zero-order valence-corrected chi connectivity index (χ0v) is 14.0. The van der Waals surface area contributed by atoms with Crippen LogP contribution in [-0.4, -0.2) is 10.9 Å². The first-order valence-electron chi connectivity index (χ1n) is 6.60. The van der Waals surface area contributed by atoms with Crippen LogP contribution in [0.15, 0.2) is 24.3 Å². The van der Waals surface area contributed by atoms with E-state index in [1.807, 2.05) is 45.0 Å². The summed E-state index contributed by atoms with van der Waals surface area (Å²) in [6.45, 7) is 6.05. The van der Waals surface area contributed by atoms with Gasteiger partial charge in [-0.1, -0.05) is 36.8 Å². The molecule has 3 N–H and O–H groups in total. The minimum absolute atomic E-state index is 0. The molecular weight excluding hydrogens is 306 g/mol. The van der Waals surface area contributed by atoms with Crippen LogP contribution in [0.25, 0.3) is 0 Å². The Labute approximate surface area is 135 Å². The van der Waals surface area contributed by atoms with E-state index >= 15 is 0 Å². The Morgan fingerprint density at radius 3 is 2.48 bits per heavy atom. The van der Waals surface area contributed by atoms with Crippen molar-refractivity contribution in [3.63, 3.8) is 0 Å². The molecule has 0 saturated heterocycles. The lowest BCUT2D eigenvalue weighted by Crippen LogP contribution is -2.27. The zero-order valence-electron chi connectivity index (χ0n) is 12.3. The number of aryl methyl sites for hydroxylation is 3. The monoisotopic (exact) mass is 325 g/mol. The summed E-state index contributed by atoms with van der Waals surface area (Å²) >= 11 is 1.48. The lowest BCUT2D eigenvalue weighted by molar-refractivity contribution is -0.117. The van der Waals surface area contributed by atoms with Crippen LogP contribution >= 0.6 is 23.7 Å². The van der Waals surface area contributed by atoms with Gasteiger partial charge in [-0.15, -0.1) is 23.7 Å². The number of nitrogens with two attached hydrogens (primary N) is 1. The van der Waals surface area contributed by atoms with Crippen LogP contribution in [0.3, 0.4) is 0 Å². The minimum atomic E-state index is -0.676. The fraction of sp³-hybridized carbons (Fsp3) is 0.333. The van der Waals surface area contributed by atoms with Gasteiger partial charge in [0.1, 0.15) is 6.04 Å². The molecule has 1 unspecified atom stereocenters. The van der Waals surface area contributed by atoms with E-state index in [1.165, 1.54) is 11.3 Å². The number of rotatable bonds is 4. The molecule has 0 fully saturated rings. The summed E-state index contributed by atoms with van der Waals surface area (Å²) in [6, 6.07) is 6.98. The van der Waals surface area contributed by atoms with Crippen LogP contribution in [0.1, 0.15) is 34.7 Å². The third-order valence-corrected chi connectivity index (χ3v) is 4.11. The van der Waals surface area contributed by atoms with Gasteiger partial charge in [0.25, 0.3) is 0 Å². The molecule has 1 aromatic heterocycles. The Morgan fingerprint density at radius 2 is 1.95 bits per heavy atom. The van der Waals surface area contributed by atoms with Crippen molar-refractivity contribution < 1.29 is 4.79 Å². The van der Waals surface area contributed by atoms with Crippen molar-refractivity contribution in [2.45, 2.75) is 33.2 Å². The van der Waals surface area contributed by atoms with Gasteiger partial charge in [0.2, 0.25) is 5.91 Å². The molecule has 0 radical (unpaired) electrons. The Morgan fingerprint density at radius 1 is 1.33 bits per heavy atom. The highest BCUT2D eigenvalue weighted by Crippen LogP contribution is 2.23. The quantitative estimate of drug-likeness (QED) is 0.905. The molecule has 114 valence electrons. The van der Waals surface area contributed by atoms with Crippen molar-refractivity contribution >= 4 is 34.8 Å². The first-order chi connectivity index (χ1) is 9.51. The molecule has 6 heteroatoms. The van der Waals surface area contributed by atoms with Gasteiger partial charge in [-0.25, -0.2) is 4.98 Å². The van der Waals surface area contributed by atoms with Crippen molar-refractivity contribution in [3.05, 3.63) is 46.0 Å². The molecule has 1 amide bonds. The van der Waals surface area contributed by atoms with E-state index < -0.39 is 6.04 Å². The van der Waals surface area contributed by atoms with Crippen molar-refractivity contribution in [2.75, 3.05) is 5.32 Å². The zero-order chi connectivity index (χ0) is 14.7. The number of carbonyl (C=O) groups excluding carboxylic acids is 1. The van der Waals surface area contributed by atoms with Crippen LogP contribution in [0.5, 0.6) is 0 Å². The second kappa shape index (κ2) is 7.54. The lowest BCUT2D eigenvalue weighted by atomic mass is 10.1. The number of aromatic nitrogens is 1. The van der Waals surface area contributed by atoms with Crippen molar-refractivity contribution in [3.8, 4) is 0 Å². The average molecular weight is 326 g/mol. The number of hydrogen-bond acceptors (Lipinski definition) is 4. The van der Waals surface area contributed by atoms with E-state index in [2.05, 4.69) is 10.3 Å². The van der Waals surface area contributed by atoms with Gasteiger partial charge >= 0.3 is 0 Å². The van der Waals surface area contributed by atoms with Gasteiger partial charge in [-0.2, -0.15) is 0 Å². The number of benzene rings is 1. The second-order valence-electron chi connectivity index (χ2n) is 4.75. The molecule has 0 bridgehead atoms. The van der Waals surface area contributed by atoms with Crippen molar-refractivity contribution in [1.82, 2.24) is 4.98 Å². The maximum absolute atomic E-state index is 12.1. The Hall–Kier alpha value is -1.43. The summed E-state index contributed by atoms with van der Waals surface area (Å²) in [5, 5.41) is 3.41. The predicted molar refractivity (Wildman–Crippen MR) is 90.2 cm³/mol. The van der Waals surface area contributed by atoms with E-state index in [0.717, 1.165) is 28.1 Å². The summed E-state index contributed by atoms with van der Waals surface area (Å²) in [7, 11) is 0. The molecule has 0 aliphatic carbocycles. The minimum Gasteiger partial charge on any atom is -0.316 e.